The predicted octanol–water partition coefficient (Wildman–Crippen LogP) is 4.79. The summed E-state index contributed by atoms with van der Waals surface area (Å²) in [6.45, 7) is 12.3. The van der Waals surface area contributed by atoms with E-state index in [9.17, 15) is 34.3 Å². The Balaban J connectivity index is 1.12. The largest absolute Gasteiger partial charge is 0.484 e. The van der Waals surface area contributed by atoms with E-state index in [0.29, 0.717) is 5.75 Å². The first-order chi connectivity index (χ1) is 35.2. The molecule has 75 heavy (non-hydrogen) atoms. The molecule has 0 saturated carbocycles. The van der Waals surface area contributed by atoms with Gasteiger partial charge in [0.15, 0.2) is 32.4 Å². The molecule has 2 unspecified atom stereocenters. The number of amides is 1. The second-order valence-corrected chi connectivity index (χ2v) is 33.0. The van der Waals surface area contributed by atoms with Gasteiger partial charge in [-0.05, 0) is 64.4 Å². The lowest BCUT2D eigenvalue weighted by atomic mass is 10.1. The number of aliphatic hydroxyl groups excluding tert-OH is 1. The molecular weight excluding hydrogens is 1040 g/mol. The first kappa shape index (κ1) is 55.9. The zero-order valence-electron chi connectivity index (χ0n) is 43.1. The number of H-pyrrole nitrogens is 2. The molecule has 8 rings (SSSR count). The maximum Gasteiger partial charge on any atom is 0.330 e. The van der Waals surface area contributed by atoms with Gasteiger partial charge in [-0.15, -0.1) is 0 Å². The average Bonchev–Trinajstić information content (AvgIpc) is 4.04. The number of imidazole rings is 1. The Bertz CT molecular complexity index is 3190. The number of aromatic amines is 2. The molecule has 25 heteroatoms. The highest BCUT2D eigenvalue weighted by Gasteiger charge is 2.57. The second-order valence-electron chi connectivity index (χ2n) is 21.2. The summed E-state index contributed by atoms with van der Waals surface area (Å²) in [6, 6.07) is 28.1. The molecule has 1 amide bonds. The monoisotopic (exact) mass is 1110 g/mol. The molecule has 2 fully saturated rings. The second kappa shape index (κ2) is 21.6. The molecule has 2 aliphatic rings. The molecule has 6 aromatic rings. The van der Waals surface area contributed by atoms with Crippen molar-refractivity contribution < 1.29 is 52.0 Å². The van der Waals surface area contributed by atoms with Crippen LogP contribution in [0.5, 0.6) is 5.75 Å². The fourth-order valence-corrected chi connectivity index (χ4v) is 16.7. The number of hydrogen-bond acceptors (Lipinski definition) is 16. The maximum absolute atomic E-state index is 13.4. The number of aromatic nitrogens is 6. The minimum absolute atomic E-state index is 0.0296. The summed E-state index contributed by atoms with van der Waals surface area (Å²) in [5.41, 5.74) is -1.96. The van der Waals surface area contributed by atoms with E-state index >= 15 is 0 Å². The molecule has 3 aromatic carbocycles. The van der Waals surface area contributed by atoms with Gasteiger partial charge >= 0.3 is 12.4 Å². The molecule has 8 atom stereocenters. The molecule has 5 heterocycles. The number of aryl methyl sites for hydroxylation is 1. The van der Waals surface area contributed by atoms with Crippen LogP contribution in [0.3, 0.4) is 0 Å². The number of anilines is 1. The summed E-state index contributed by atoms with van der Waals surface area (Å²) in [6.07, 6.45) is -5.98. The van der Waals surface area contributed by atoms with Crippen molar-refractivity contribution in [1.82, 2.24) is 29.1 Å². The van der Waals surface area contributed by atoms with E-state index in [4.69, 9.17) is 43.9 Å². The van der Waals surface area contributed by atoms with E-state index in [2.05, 4.69) is 46.0 Å². The molecule has 3 aromatic heterocycles. The SMILES string of the molecule is Cc1cn([C@H]2C[C@H](O[Si](C)(C)C(C)(C)C)[C@@H](C(O)OP(O)(=S)O[C@]3(O)C[C@H](n4cnc5c(=O)[nH]c(NC(=O)COc6ccccc6)nc54)O[C@@H]3CO[Si](c3ccccc3)(c3ccccc3)C(C)(C)C)O2)c(=O)[nH]c1=O. The summed E-state index contributed by atoms with van der Waals surface area (Å²) >= 11 is 5.62. The van der Waals surface area contributed by atoms with Gasteiger partial charge in [-0.25, -0.2) is 9.78 Å². The number of nitrogens with one attached hydrogen (secondary N) is 3. The van der Waals surface area contributed by atoms with E-state index in [1.165, 1.54) is 28.6 Å². The van der Waals surface area contributed by atoms with E-state index < -0.39 is 107 Å². The summed E-state index contributed by atoms with van der Waals surface area (Å²) < 4.78 is 47.0. The minimum Gasteiger partial charge on any atom is -0.484 e. The van der Waals surface area contributed by atoms with Crippen LogP contribution < -0.4 is 37.2 Å². The number of carbonyl (C=O) groups excluding carboxylic acids is 1. The lowest BCUT2D eigenvalue weighted by molar-refractivity contribution is -0.201. The van der Waals surface area contributed by atoms with Crippen LogP contribution in [0.2, 0.25) is 23.2 Å². The lowest BCUT2D eigenvalue weighted by Gasteiger charge is -2.44. The standard InChI is InChI=1S/C50H64N7O14PSSi2/c1-31-27-56(47(62)55-43(31)59)38-25-35(70-74(8,9)48(2,3)4)41(68-38)45(61)69-72(64,73)71-50(63)26-39(57-30-51-40-42(57)53-46(54-44(40)60)52-37(58)29-65-32-19-13-10-14-20-32)67-36(50)28-66-75(49(5,6)7,33-21-15-11-16-22-33)34-23-17-12-18-24-34/h10-24,27,30,35-36,38-39,41,45,61,63H,25-26,28-29H2,1-9H3,(H,64,73)(H,55,59,62)(H2,52,53,54,58,60)/t35-,36+,38+,39+,41-,45?,50+,72?/m0/s1. The van der Waals surface area contributed by atoms with Crippen LogP contribution in [0.1, 0.15) is 72.4 Å². The zero-order chi connectivity index (χ0) is 54.3. The number of fused-ring (bicyclic) bond motifs is 1. The van der Waals surface area contributed by atoms with Gasteiger partial charge in [-0.1, -0.05) is 120 Å². The highest BCUT2D eigenvalue weighted by atomic mass is 32.5. The number of carbonyl (C=O) groups is 1. The van der Waals surface area contributed by atoms with Crippen LogP contribution in [-0.2, 0) is 44.0 Å². The Morgan fingerprint density at radius 2 is 1.52 bits per heavy atom. The molecule has 0 radical (unpaired) electrons. The molecule has 2 aliphatic heterocycles. The maximum atomic E-state index is 13.4. The van der Waals surface area contributed by atoms with Crippen LogP contribution in [-0.4, -0.2) is 110 Å². The van der Waals surface area contributed by atoms with Gasteiger partial charge in [0.2, 0.25) is 11.7 Å². The molecular formula is C50H64N7O14PSSi2. The Hall–Kier alpha value is -5.32. The van der Waals surface area contributed by atoms with Gasteiger partial charge in [-0.2, -0.15) is 4.98 Å². The Morgan fingerprint density at radius 1 is 0.907 bits per heavy atom. The van der Waals surface area contributed by atoms with Crippen molar-refractivity contribution in [2.75, 3.05) is 18.5 Å². The Labute approximate surface area is 439 Å². The highest BCUT2D eigenvalue weighted by molar-refractivity contribution is 8.07. The van der Waals surface area contributed by atoms with Crippen molar-refractivity contribution in [1.29, 1.82) is 0 Å². The lowest BCUT2D eigenvalue weighted by Crippen LogP contribution is -2.67. The molecule has 0 spiro atoms. The van der Waals surface area contributed by atoms with Gasteiger partial charge < -0.3 is 38.2 Å². The number of hydrogen-bond donors (Lipinski definition) is 6. The van der Waals surface area contributed by atoms with Crippen LogP contribution in [0.15, 0.2) is 118 Å². The fourth-order valence-electron chi connectivity index (χ4n) is 9.12. The van der Waals surface area contributed by atoms with Gasteiger partial charge in [0.05, 0.1) is 25.5 Å². The summed E-state index contributed by atoms with van der Waals surface area (Å²) in [5, 5.41) is 28.4. The van der Waals surface area contributed by atoms with Crippen LogP contribution in [0.4, 0.5) is 5.95 Å². The van der Waals surface area contributed by atoms with Crippen molar-refractivity contribution in [3.63, 3.8) is 0 Å². The average molecular weight is 1110 g/mol. The first-order valence-electron chi connectivity index (χ1n) is 24.3. The Morgan fingerprint density at radius 3 is 2.12 bits per heavy atom. The van der Waals surface area contributed by atoms with Crippen LogP contribution >= 0.6 is 6.72 Å². The first-order valence-corrected chi connectivity index (χ1v) is 31.7. The van der Waals surface area contributed by atoms with Gasteiger partial charge in [0.25, 0.3) is 25.3 Å². The van der Waals surface area contributed by atoms with Gasteiger partial charge in [-0.3, -0.25) is 47.9 Å². The van der Waals surface area contributed by atoms with E-state index in [1.54, 1.807) is 30.3 Å². The van der Waals surface area contributed by atoms with Gasteiger partial charge in [0.1, 0.15) is 30.4 Å². The zero-order valence-corrected chi connectivity index (χ0v) is 46.8. The number of nitrogens with zero attached hydrogens (tertiary/aromatic N) is 4. The molecule has 0 aliphatic carbocycles. The number of aliphatic hydroxyl groups is 2. The Kier molecular flexibility index (Phi) is 16.1. The number of ether oxygens (including phenoxy) is 3. The van der Waals surface area contributed by atoms with E-state index in [-0.39, 0.29) is 40.7 Å². The number of para-hydroxylation sites is 1. The van der Waals surface area contributed by atoms with Crippen molar-refractivity contribution in [3.8, 4) is 5.75 Å². The molecule has 402 valence electrons. The number of rotatable bonds is 18. The van der Waals surface area contributed by atoms with Crippen molar-refractivity contribution in [3.05, 3.63) is 140 Å². The quantitative estimate of drug-likeness (QED) is 0.0383. The molecule has 2 saturated heterocycles. The van der Waals surface area contributed by atoms with Crippen LogP contribution in [0, 0.1) is 6.92 Å². The number of benzene rings is 3. The van der Waals surface area contributed by atoms with E-state index in [0.717, 1.165) is 10.4 Å². The summed E-state index contributed by atoms with van der Waals surface area (Å²) in [7, 11) is -5.99. The predicted molar refractivity (Wildman–Crippen MR) is 287 cm³/mol. The third-order valence-electron chi connectivity index (χ3n) is 13.9. The third-order valence-corrected chi connectivity index (χ3v) is 24.9. The third kappa shape index (κ3) is 12.0. The molecule has 0 bridgehead atoms. The van der Waals surface area contributed by atoms with Crippen molar-refractivity contribution in [2.45, 2.75) is 127 Å². The smallest absolute Gasteiger partial charge is 0.330 e. The van der Waals surface area contributed by atoms with Crippen molar-refractivity contribution >= 4 is 68.6 Å². The minimum atomic E-state index is -4.79. The molecule has 6 N–H and O–H groups in total. The summed E-state index contributed by atoms with van der Waals surface area (Å²) in [4.78, 5) is 77.5. The van der Waals surface area contributed by atoms with Gasteiger partial charge in [0, 0.05) is 18.2 Å². The van der Waals surface area contributed by atoms with E-state index in [1.807, 2.05) is 94.5 Å². The molecule has 21 nitrogen and oxygen atoms in total. The summed E-state index contributed by atoms with van der Waals surface area (Å²) in [5.74, 6) is -2.96. The van der Waals surface area contributed by atoms with Crippen molar-refractivity contribution in [2.24, 2.45) is 0 Å². The highest BCUT2D eigenvalue weighted by Crippen LogP contribution is 2.55. The fraction of sp³-hybridized carbons (Fsp3) is 0.440. The van der Waals surface area contributed by atoms with Crippen LogP contribution in [0.25, 0.3) is 11.2 Å². The normalized spacial score (nSPS) is 22.7. The topological polar surface area (TPSA) is 273 Å².